The number of aryl methyl sites for hydroxylation is 1. The predicted molar refractivity (Wildman–Crippen MR) is 103 cm³/mol. The number of carbonyl (C=O) groups is 1. The second-order valence-corrected chi connectivity index (χ2v) is 7.46. The van der Waals surface area contributed by atoms with Crippen molar-refractivity contribution < 1.29 is 14.3 Å². The maximum Gasteiger partial charge on any atom is 0.347 e. The molecule has 0 bridgehead atoms. The number of aromatic nitrogens is 1. The zero-order chi connectivity index (χ0) is 18.1. The molecule has 134 valence electrons. The number of anilines is 1. The lowest BCUT2D eigenvalue weighted by Crippen LogP contribution is -2.54. The summed E-state index contributed by atoms with van der Waals surface area (Å²) in [4.78, 5) is 19.1. The van der Waals surface area contributed by atoms with Gasteiger partial charge in [-0.05, 0) is 37.6 Å². The summed E-state index contributed by atoms with van der Waals surface area (Å²) in [6.45, 7) is 5.12. The highest BCUT2D eigenvalue weighted by molar-refractivity contribution is 7.22. The molecule has 4 rings (SSSR count). The standard InChI is InChI=1S/C20H20N2O3S/c1-13-7-6-10-17-18(13)21-20(26-17)22-11-16(12-22)25-19(23)14(2)24-15-8-4-3-5-9-15/h3-10,14,16H,11-12H2,1-2H3/t14-/m0/s1. The molecule has 1 aliphatic heterocycles. The number of nitrogens with zero attached hydrogens (tertiary/aromatic N) is 2. The van der Waals surface area contributed by atoms with Gasteiger partial charge >= 0.3 is 5.97 Å². The Labute approximate surface area is 156 Å². The molecule has 3 aromatic rings. The Morgan fingerprint density at radius 3 is 2.69 bits per heavy atom. The van der Waals surface area contributed by atoms with E-state index in [-0.39, 0.29) is 12.1 Å². The van der Waals surface area contributed by atoms with E-state index < -0.39 is 6.10 Å². The molecule has 2 aromatic carbocycles. The van der Waals surface area contributed by atoms with E-state index in [1.807, 2.05) is 30.3 Å². The number of rotatable bonds is 5. The van der Waals surface area contributed by atoms with Crippen LogP contribution in [-0.4, -0.2) is 36.3 Å². The minimum Gasteiger partial charge on any atom is -0.479 e. The van der Waals surface area contributed by atoms with Crippen LogP contribution in [0.1, 0.15) is 12.5 Å². The molecule has 0 saturated carbocycles. The highest BCUT2D eigenvalue weighted by atomic mass is 32.1. The van der Waals surface area contributed by atoms with Crippen LogP contribution >= 0.6 is 11.3 Å². The third kappa shape index (κ3) is 3.37. The van der Waals surface area contributed by atoms with Gasteiger partial charge in [-0.2, -0.15) is 0 Å². The third-order valence-corrected chi connectivity index (χ3v) is 5.48. The van der Waals surface area contributed by atoms with Gasteiger partial charge in [0.05, 0.1) is 23.3 Å². The molecule has 6 heteroatoms. The average molecular weight is 368 g/mol. The largest absolute Gasteiger partial charge is 0.479 e. The van der Waals surface area contributed by atoms with Crippen molar-refractivity contribution in [2.24, 2.45) is 0 Å². The fourth-order valence-corrected chi connectivity index (χ4v) is 3.95. The third-order valence-electron chi connectivity index (χ3n) is 4.40. The maximum atomic E-state index is 12.2. The lowest BCUT2D eigenvalue weighted by molar-refractivity contribution is -0.157. The Kier molecular flexibility index (Phi) is 4.51. The predicted octanol–water partition coefficient (Wildman–Crippen LogP) is 3.80. The van der Waals surface area contributed by atoms with Gasteiger partial charge in [-0.1, -0.05) is 41.7 Å². The van der Waals surface area contributed by atoms with Gasteiger partial charge < -0.3 is 14.4 Å². The molecule has 1 saturated heterocycles. The molecular formula is C20H20N2O3S. The van der Waals surface area contributed by atoms with E-state index in [2.05, 4.69) is 30.0 Å². The molecule has 1 aliphatic rings. The first-order valence-electron chi connectivity index (χ1n) is 8.63. The van der Waals surface area contributed by atoms with Crippen LogP contribution < -0.4 is 9.64 Å². The van der Waals surface area contributed by atoms with Crippen LogP contribution in [0.4, 0.5) is 5.13 Å². The summed E-state index contributed by atoms with van der Waals surface area (Å²) in [5.41, 5.74) is 2.23. The van der Waals surface area contributed by atoms with Crippen molar-refractivity contribution in [1.82, 2.24) is 4.98 Å². The van der Waals surface area contributed by atoms with Gasteiger partial charge in [-0.15, -0.1) is 0 Å². The zero-order valence-corrected chi connectivity index (χ0v) is 15.5. The minimum absolute atomic E-state index is 0.113. The van der Waals surface area contributed by atoms with E-state index in [4.69, 9.17) is 14.5 Å². The Morgan fingerprint density at radius 2 is 1.96 bits per heavy atom. The van der Waals surface area contributed by atoms with Crippen molar-refractivity contribution in [2.75, 3.05) is 18.0 Å². The quantitative estimate of drug-likeness (QED) is 0.641. The first-order valence-corrected chi connectivity index (χ1v) is 9.45. The number of fused-ring (bicyclic) bond motifs is 1. The van der Waals surface area contributed by atoms with Crippen LogP contribution in [0.5, 0.6) is 5.75 Å². The van der Waals surface area contributed by atoms with Crippen LogP contribution in [0.15, 0.2) is 48.5 Å². The SMILES string of the molecule is Cc1cccc2sc(N3CC(OC(=O)[C@H](C)Oc4ccccc4)C3)nc12. The molecule has 0 spiro atoms. The molecule has 5 nitrogen and oxygen atoms in total. The van der Waals surface area contributed by atoms with Gasteiger partial charge in [0.1, 0.15) is 11.9 Å². The number of ether oxygens (including phenoxy) is 2. The fourth-order valence-electron chi connectivity index (χ4n) is 2.89. The van der Waals surface area contributed by atoms with Gasteiger partial charge in [0, 0.05) is 0 Å². The summed E-state index contributed by atoms with van der Waals surface area (Å²) in [5.74, 6) is 0.329. The number of benzene rings is 2. The first-order chi connectivity index (χ1) is 12.6. The monoisotopic (exact) mass is 368 g/mol. The molecule has 1 fully saturated rings. The molecule has 0 unspecified atom stereocenters. The van der Waals surface area contributed by atoms with E-state index in [0.717, 1.165) is 10.6 Å². The number of carbonyl (C=O) groups excluding carboxylic acids is 1. The van der Waals surface area contributed by atoms with E-state index in [1.165, 1.54) is 10.3 Å². The van der Waals surface area contributed by atoms with Crippen LogP contribution in [0.2, 0.25) is 0 Å². The highest BCUT2D eigenvalue weighted by Gasteiger charge is 2.33. The number of esters is 1. The van der Waals surface area contributed by atoms with Gasteiger partial charge in [-0.3, -0.25) is 0 Å². The molecular weight excluding hydrogens is 348 g/mol. The average Bonchev–Trinajstić information content (AvgIpc) is 3.03. The van der Waals surface area contributed by atoms with Gasteiger partial charge in [0.15, 0.2) is 11.2 Å². The Hall–Kier alpha value is -2.60. The molecule has 0 aliphatic carbocycles. The Bertz CT molecular complexity index is 919. The molecule has 1 aromatic heterocycles. The summed E-state index contributed by atoms with van der Waals surface area (Å²) in [5, 5.41) is 0.982. The van der Waals surface area contributed by atoms with E-state index in [1.54, 1.807) is 18.3 Å². The molecule has 1 atom stereocenters. The van der Waals surface area contributed by atoms with Crippen molar-refractivity contribution in [3.05, 3.63) is 54.1 Å². The van der Waals surface area contributed by atoms with Crippen LogP contribution in [0.3, 0.4) is 0 Å². The number of hydrogen-bond donors (Lipinski definition) is 0. The van der Waals surface area contributed by atoms with E-state index in [0.29, 0.717) is 18.8 Å². The van der Waals surface area contributed by atoms with Gasteiger partial charge in [0.25, 0.3) is 0 Å². The van der Waals surface area contributed by atoms with Crippen molar-refractivity contribution in [2.45, 2.75) is 26.1 Å². The van der Waals surface area contributed by atoms with Crippen LogP contribution in [0, 0.1) is 6.92 Å². The summed E-state index contributed by atoms with van der Waals surface area (Å²) < 4.78 is 12.3. The van der Waals surface area contributed by atoms with Crippen molar-refractivity contribution in [3.8, 4) is 5.75 Å². The summed E-state index contributed by atoms with van der Waals surface area (Å²) in [7, 11) is 0. The van der Waals surface area contributed by atoms with Gasteiger partial charge in [-0.25, -0.2) is 9.78 Å². The van der Waals surface area contributed by atoms with Crippen LogP contribution in [0.25, 0.3) is 10.2 Å². The van der Waals surface area contributed by atoms with E-state index in [9.17, 15) is 4.79 Å². The van der Waals surface area contributed by atoms with E-state index >= 15 is 0 Å². The number of para-hydroxylation sites is 2. The van der Waals surface area contributed by atoms with Crippen LogP contribution in [-0.2, 0) is 9.53 Å². The summed E-state index contributed by atoms with van der Waals surface area (Å²) in [6, 6.07) is 15.5. The number of hydrogen-bond acceptors (Lipinski definition) is 6. The van der Waals surface area contributed by atoms with Crippen molar-refractivity contribution in [1.29, 1.82) is 0 Å². The topological polar surface area (TPSA) is 51.7 Å². The molecule has 0 radical (unpaired) electrons. The first kappa shape index (κ1) is 16.8. The summed E-state index contributed by atoms with van der Waals surface area (Å²) in [6.07, 6.45) is -0.742. The molecule has 0 amide bonds. The minimum atomic E-state index is -0.628. The highest BCUT2D eigenvalue weighted by Crippen LogP contribution is 2.33. The molecule has 0 N–H and O–H groups in total. The van der Waals surface area contributed by atoms with Crippen molar-refractivity contribution in [3.63, 3.8) is 0 Å². The maximum absolute atomic E-state index is 12.2. The Morgan fingerprint density at radius 1 is 1.19 bits per heavy atom. The lowest BCUT2D eigenvalue weighted by Gasteiger charge is -2.38. The fraction of sp³-hybridized carbons (Fsp3) is 0.300. The smallest absolute Gasteiger partial charge is 0.347 e. The molecule has 2 heterocycles. The molecule has 26 heavy (non-hydrogen) atoms. The summed E-state index contributed by atoms with van der Waals surface area (Å²) >= 11 is 1.67. The van der Waals surface area contributed by atoms with Gasteiger partial charge in [0.2, 0.25) is 0 Å². The second kappa shape index (κ2) is 6.96. The normalized spacial score (nSPS) is 15.5. The lowest BCUT2D eigenvalue weighted by atomic mass is 10.2. The number of thiazole rings is 1. The van der Waals surface area contributed by atoms with Crippen molar-refractivity contribution >= 4 is 32.7 Å². The Balaban J connectivity index is 1.31. The second-order valence-electron chi connectivity index (χ2n) is 6.46. The zero-order valence-electron chi connectivity index (χ0n) is 14.7.